The molecule has 2 aromatic rings. The van der Waals surface area contributed by atoms with E-state index < -0.39 is 14.4 Å². The van der Waals surface area contributed by atoms with Crippen LogP contribution in [0, 0.1) is 32.1 Å². The molecule has 0 fully saturated rings. The fraction of sp³-hybridized carbons (Fsp3) is 0.267. The van der Waals surface area contributed by atoms with Gasteiger partial charge in [-0.25, -0.2) is 4.79 Å². The number of hydrogen-bond acceptors (Lipinski definition) is 4. The van der Waals surface area contributed by atoms with Gasteiger partial charge in [-0.3, -0.25) is 9.36 Å². The Morgan fingerprint density at radius 1 is 1.12 bits per heavy atom. The van der Waals surface area contributed by atoms with Crippen molar-refractivity contribution in [3.05, 3.63) is 61.4 Å². The van der Waals surface area contributed by atoms with Gasteiger partial charge in [0.25, 0.3) is 8.68 Å². The molecule has 0 atom stereocenters. The minimum Gasteiger partial charge on any atom is -0.267 e. The van der Waals surface area contributed by atoms with Gasteiger partial charge in [0.2, 0.25) is 0 Å². The quantitative estimate of drug-likeness (QED) is 0.717. The Morgan fingerprint density at radius 2 is 1.67 bits per heavy atom. The third kappa shape index (κ3) is 3.81. The predicted molar refractivity (Wildman–Crippen MR) is 98.5 cm³/mol. The molecule has 9 heteroatoms. The Kier molecular flexibility index (Phi) is 5.41. The van der Waals surface area contributed by atoms with E-state index in [1.165, 1.54) is 10.8 Å². The lowest BCUT2D eigenvalue weighted by Gasteiger charge is -2.17. The zero-order valence-corrected chi connectivity index (χ0v) is 16.0. The van der Waals surface area contributed by atoms with Crippen LogP contribution in [0.25, 0.3) is 5.69 Å². The first-order chi connectivity index (χ1) is 11.0. The van der Waals surface area contributed by atoms with Crippen molar-refractivity contribution in [3.63, 3.8) is 0 Å². The Labute approximate surface area is 157 Å². The van der Waals surface area contributed by atoms with Gasteiger partial charge in [-0.05, 0) is 31.9 Å². The molecule has 126 valence electrons. The lowest BCUT2D eigenvalue weighted by molar-refractivity contribution is 0.847. The van der Waals surface area contributed by atoms with Gasteiger partial charge < -0.3 is 0 Å². The van der Waals surface area contributed by atoms with Crippen LogP contribution in [-0.2, 0) is 0 Å². The summed E-state index contributed by atoms with van der Waals surface area (Å²) in [4.78, 5) is 25.0. The fourth-order valence-corrected chi connectivity index (χ4v) is 3.68. The average molecular weight is 405 g/mol. The maximum absolute atomic E-state index is 12.7. The molecule has 1 heterocycles. The highest BCUT2D eigenvalue weighted by Gasteiger charge is 2.26. The van der Waals surface area contributed by atoms with Crippen molar-refractivity contribution in [2.24, 2.45) is 0 Å². The third-order valence-electron chi connectivity index (χ3n) is 3.24. The summed E-state index contributed by atoms with van der Waals surface area (Å²) in [5.74, 6) is 0. The molecule has 0 radical (unpaired) electrons. The third-order valence-corrected chi connectivity index (χ3v) is 4.58. The number of nitrogens with zero attached hydrogens (tertiary/aromatic N) is 3. The summed E-state index contributed by atoms with van der Waals surface area (Å²) < 4.78 is -0.00990. The number of rotatable bonds is 2. The van der Waals surface area contributed by atoms with Crippen LogP contribution in [0.15, 0.2) is 27.9 Å². The van der Waals surface area contributed by atoms with E-state index in [2.05, 4.69) is 0 Å². The minimum absolute atomic E-state index is 0.226. The minimum atomic E-state index is -1.92. The van der Waals surface area contributed by atoms with Crippen LogP contribution in [-0.4, -0.2) is 11.7 Å². The molecule has 0 N–H and O–H groups in total. The van der Waals surface area contributed by atoms with E-state index in [1.807, 2.05) is 32.9 Å². The van der Waals surface area contributed by atoms with Crippen molar-refractivity contribution in [3.8, 4) is 11.8 Å². The van der Waals surface area contributed by atoms with Gasteiger partial charge in [0.05, 0.1) is 5.69 Å². The normalized spacial score (nSPS) is 11.4. The number of hydrogen-bond donors (Lipinski definition) is 0. The van der Waals surface area contributed by atoms with E-state index in [9.17, 15) is 14.9 Å². The second-order valence-corrected chi connectivity index (χ2v) is 9.30. The molecular formula is C15H12Cl3N3O2S. The van der Waals surface area contributed by atoms with Gasteiger partial charge in [0.1, 0.15) is 11.6 Å². The van der Waals surface area contributed by atoms with E-state index >= 15 is 0 Å². The van der Waals surface area contributed by atoms with Gasteiger partial charge in [0.15, 0.2) is 0 Å². The lowest BCUT2D eigenvalue weighted by Crippen LogP contribution is -2.38. The topological polar surface area (TPSA) is 67.8 Å². The summed E-state index contributed by atoms with van der Waals surface area (Å²) in [6.07, 6.45) is 1.21. The van der Waals surface area contributed by atoms with Gasteiger partial charge in [-0.1, -0.05) is 52.5 Å². The Balaban J connectivity index is 2.88. The molecule has 2 rings (SSSR count). The number of halogens is 3. The second kappa shape index (κ2) is 6.85. The number of aryl methyl sites for hydroxylation is 3. The number of nitriles is 1. The summed E-state index contributed by atoms with van der Waals surface area (Å²) >= 11 is 17.5. The van der Waals surface area contributed by atoms with Crippen LogP contribution in [0.5, 0.6) is 0 Å². The van der Waals surface area contributed by atoms with Crippen molar-refractivity contribution in [2.75, 3.05) is 0 Å². The van der Waals surface area contributed by atoms with E-state index in [0.29, 0.717) is 21.6 Å². The van der Waals surface area contributed by atoms with Crippen molar-refractivity contribution < 1.29 is 0 Å². The summed E-state index contributed by atoms with van der Waals surface area (Å²) in [6.45, 7) is 5.61. The molecule has 0 unspecified atom stereocenters. The van der Waals surface area contributed by atoms with Gasteiger partial charge in [-0.15, -0.1) is 0 Å². The average Bonchev–Trinajstić information content (AvgIpc) is 2.43. The lowest BCUT2D eigenvalue weighted by atomic mass is 10.0. The largest absolute Gasteiger partial charge is 0.346 e. The summed E-state index contributed by atoms with van der Waals surface area (Å²) in [5, 5.41) is 9.20. The van der Waals surface area contributed by atoms with E-state index in [4.69, 9.17) is 34.8 Å². The van der Waals surface area contributed by atoms with Crippen LogP contribution in [0.4, 0.5) is 0 Å². The summed E-state index contributed by atoms with van der Waals surface area (Å²) in [5.41, 5.74) is 1.51. The van der Waals surface area contributed by atoms with Crippen molar-refractivity contribution in [1.29, 1.82) is 5.26 Å². The molecule has 0 aliphatic heterocycles. The fourth-order valence-electron chi connectivity index (χ4n) is 2.51. The number of alkyl halides is 3. The number of benzene rings is 1. The highest BCUT2D eigenvalue weighted by Crippen LogP contribution is 2.38. The first-order valence-electron chi connectivity index (χ1n) is 6.68. The second-order valence-electron chi connectivity index (χ2n) is 5.19. The van der Waals surface area contributed by atoms with Gasteiger partial charge in [-0.2, -0.15) is 9.23 Å². The molecule has 5 nitrogen and oxygen atoms in total. The van der Waals surface area contributed by atoms with Crippen LogP contribution < -0.4 is 11.2 Å². The molecule has 0 aliphatic carbocycles. The SMILES string of the molecule is Cc1cc(C)c(-n2cc(C#N)c(=O)n(SC(Cl)(Cl)Cl)c2=O)c(C)c1. The first kappa shape index (κ1) is 18.9. The molecule has 0 spiro atoms. The molecule has 0 saturated heterocycles. The molecule has 0 saturated carbocycles. The Hall–Kier alpha value is -1.39. The van der Waals surface area contributed by atoms with Gasteiger partial charge >= 0.3 is 5.69 Å². The van der Waals surface area contributed by atoms with E-state index in [-0.39, 0.29) is 5.56 Å². The Bertz CT molecular complexity index is 945. The molecule has 0 bridgehead atoms. The van der Waals surface area contributed by atoms with Crippen LogP contribution in [0.2, 0.25) is 0 Å². The Morgan fingerprint density at radius 3 is 2.12 bits per heavy atom. The van der Waals surface area contributed by atoms with Crippen molar-refractivity contribution >= 4 is 46.8 Å². The van der Waals surface area contributed by atoms with Crippen LogP contribution >= 0.6 is 46.8 Å². The van der Waals surface area contributed by atoms with E-state index in [1.54, 1.807) is 6.07 Å². The highest BCUT2D eigenvalue weighted by molar-refractivity contribution is 8.03. The zero-order chi connectivity index (χ0) is 18.2. The van der Waals surface area contributed by atoms with Crippen molar-refractivity contribution in [1.82, 2.24) is 8.54 Å². The highest BCUT2D eigenvalue weighted by atomic mass is 35.6. The molecule has 1 aromatic heterocycles. The van der Waals surface area contributed by atoms with Crippen molar-refractivity contribution in [2.45, 2.75) is 23.9 Å². The molecule has 24 heavy (non-hydrogen) atoms. The summed E-state index contributed by atoms with van der Waals surface area (Å²) in [7, 11) is 0. The standard InChI is InChI=1S/C15H12Cl3N3O2S/c1-8-4-9(2)12(10(3)5-8)20-7-11(6-19)13(22)21(14(20)23)24-15(16,17)18/h4-5,7H,1-3H3. The molecule has 0 aliphatic rings. The maximum Gasteiger partial charge on any atom is 0.346 e. The predicted octanol–water partition coefficient (Wildman–Crippen LogP) is 3.62. The first-order valence-corrected chi connectivity index (χ1v) is 8.59. The van der Waals surface area contributed by atoms with Crippen LogP contribution in [0.3, 0.4) is 0 Å². The molecule has 1 aromatic carbocycles. The number of aromatic nitrogens is 2. The molecular weight excluding hydrogens is 393 g/mol. The monoisotopic (exact) mass is 403 g/mol. The maximum atomic E-state index is 12.7. The van der Waals surface area contributed by atoms with Gasteiger partial charge in [0, 0.05) is 18.1 Å². The molecule has 0 amide bonds. The smallest absolute Gasteiger partial charge is 0.267 e. The van der Waals surface area contributed by atoms with Crippen LogP contribution in [0.1, 0.15) is 22.3 Å². The zero-order valence-electron chi connectivity index (χ0n) is 12.9. The summed E-state index contributed by atoms with van der Waals surface area (Å²) in [6, 6.07) is 5.58. The van der Waals surface area contributed by atoms with E-state index in [0.717, 1.165) is 16.7 Å².